The molecule has 2 aromatic heterocycles. The van der Waals surface area contributed by atoms with Crippen molar-refractivity contribution in [3.8, 4) is 0 Å². The van der Waals surface area contributed by atoms with Crippen molar-refractivity contribution in [3.05, 3.63) is 46.0 Å². The molecular weight excluding hydrogens is 300 g/mol. The first kappa shape index (κ1) is 15.1. The molecule has 0 aliphatic carbocycles. The van der Waals surface area contributed by atoms with Crippen molar-refractivity contribution in [2.24, 2.45) is 0 Å². The number of hydrogen-bond donors (Lipinski definition) is 1. The van der Waals surface area contributed by atoms with Gasteiger partial charge < -0.3 is 19.8 Å². The highest BCUT2D eigenvalue weighted by atomic mass is 16.6. The summed E-state index contributed by atoms with van der Waals surface area (Å²) in [5.41, 5.74) is 4.13. The normalized spacial score (nSPS) is 12.7. The van der Waals surface area contributed by atoms with E-state index in [0.29, 0.717) is 6.54 Å². The van der Waals surface area contributed by atoms with Crippen molar-refractivity contribution in [2.75, 3.05) is 0 Å². The second-order valence-electron chi connectivity index (χ2n) is 5.50. The number of aromatic nitrogens is 5. The number of aliphatic hydroxyl groups is 1. The van der Waals surface area contributed by atoms with Gasteiger partial charge in [-0.1, -0.05) is 4.98 Å². The molecule has 0 bridgehead atoms. The third-order valence-corrected chi connectivity index (χ3v) is 3.73. The number of hydrogen-bond acceptors (Lipinski definition) is 6. The van der Waals surface area contributed by atoms with Crippen LogP contribution in [0, 0.1) is 24.0 Å². The zero-order valence-electron chi connectivity index (χ0n) is 12.7. The van der Waals surface area contributed by atoms with E-state index in [-0.39, 0.29) is 6.54 Å². The Hall–Kier alpha value is -2.81. The molecule has 0 aliphatic rings. The predicted molar refractivity (Wildman–Crippen MR) is 81.9 cm³/mol. The van der Waals surface area contributed by atoms with Gasteiger partial charge in [0.15, 0.2) is 0 Å². The monoisotopic (exact) mass is 316 g/mol. The van der Waals surface area contributed by atoms with Crippen LogP contribution in [-0.4, -0.2) is 40.4 Å². The van der Waals surface area contributed by atoms with E-state index in [9.17, 15) is 15.2 Å². The van der Waals surface area contributed by atoms with Gasteiger partial charge in [-0.3, -0.25) is 0 Å². The van der Waals surface area contributed by atoms with Crippen LogP contribution in [0.3, 0.4) is 0 Å². The predicted octanol–water partition coefficient (Wildman–Crippen LogP) is 1.21. The minimum absolute atomic E-state index is 0.116. The molecule has 1 N–H and O–H groups in total. The largest absolute Gasteiger partial charge is 0.490 e. The molecular formula is C14H16N6O3. The van der Waals surface area contributed by atoms with Crippen LogP contribution in [-0.2, 0) is 13.1 Å². The summed E-state index contributed by atoms with van der Waals surface area (Å²) in [7, 11) is 0. The summed E-state index contributed by atoms with van der Waals surface area (Å²) in [4.78, 5) is 17.8. The highest BCUT2D eigenvalue weighted by molar-refractivity contribution is 5.77. The summed E-state index contributed by atoms with van der Waals surface area (Å²) < 4.78 is 3.12. The molecule has 3 rings (SSSR count). The van der Waals surface area contributed by atoms with E-state index in [4.69, 9.17) is 0 Å². The Labute approximate surface area is 131 Å². The highest BCUT2D eigenvalue weighted by Gasteiger charge is 2.16. The minimum Gasteiger partial charge on any atom is -0.390 e. The fraction of sp³-hybridized carbons (Fsp3) is 0.357. The number of nitro groups is 1. The Morgan fingerprint density at radius 1 is 1.22 bits per heavy atom. The van der Waals surface area contributed by atoms with Gasteiger partial charge in [-0.15, -0.1) is 0 Å². The molecule has 2 heterocycles. The number of rotatable bonds is 5. The van der Waals surface area contributed by atoms with E-state index in [1.807, 2.05) is 30.5 Å². The Kier molecular flexibility index (Phi) is 3.78. The first-order chi connectivity index (χ1) is 10.9. The second kappa shape index (κ2) is 5.76. The summed E-state index contributed by atoms with van der Waals surface area (Å²) in [5.74, 6) is -0.476. The van der Waals surface area contributed by atoms with Crippen molar-refractivity contribution in [1.29, 1.82) is 0 Å². The van der Waals surface area contributed by atoms with Crippen LogP contribution in [0.4, 0.5) is 5.95 Å². The Bertz CT molecular complexity index is 869. The van der Waals surface area contributed by atoms with Crippen molar-refractivity contribution in [2.45, 2.75) is 33.0 Å². The van der Waals surface area contributed by atoms with Gasteiger partial charge in [-0.05, 0) is 42.0 Å². The molecule has 9 heteroatoms. The van der Waals surface area contributed by atoms with E-state index < -0.39 is 17.0 Å². The highest BCUT2D eigenvalue weighted by Crippen LogP contribution is 2.18. The summed E-state index contributed by atoms with van der Waals surface area (Å²) in [6.07, 6.45) is 2.15. The van der Waals surface area contributed by atoms with Crippen molar-refractivity contribution < 1.29 is 10.0 Å². The molecule has 9 nitrogen and oxygen atoms in total. The lowest BCUT2D eigenvalue weighted by atomic mass is 10.1. The van der Waals surface area contributed by atoms with Gasteiger partial charge in [0, 0.05) is 5.10 Å². The van der Waals surface area contributed by atoms with Crippen LogP contribution in [0.15, 0.2) is 24.8 Å². The van der Waals surface area contributed by atoms with E-state index in [1.165, 1.54) is 16.6 Å². The van der Waals surface area contributed by atoms with Crippen LogP contribution in [0.25, 0.3) is 11.0 Å². The van der Waals surface area contributed by atoms with E-state index >= 15 is 0 Å². The average Bonchev–Trinajstić information content (AvgIpc) is 3.08. The molecule has 0 spiro atoms. The molecule has 1 aromatic carbocycles. The third kappa shape index (κ3) is 3.04. The molecule has 0 amide bonds. The lowest BCUT2D eigenvalue weighted by molar-refractivity contribution is -0.394. The van der Waals surface area contributed by atoms with Crippen LogP contribution in [0.1, 0.15) is 11.1 Å². The number of aliphatic hydroxyl groups excluding tert-OH is 1. The summed E-state index contributed by atoms with van der Waals surface area (Å²) >= 11 is 0. The lowest BCUT2D eigenvalue weighted by Crippen LogP contribution is -2.22. The molecule has 23 heavy (non-hydrogen) atoms. The first-order valence-corrected chi connectivity index (χ1v) is 7.08. The van der Waals surface area contributed by atoms with Gasteiger partial charge >= 0.3 is 5.95 Å². The lowest BCUT2D eigenvalue weighted by Gasteiger charge is -2.11. The van der Waals surface area contributed by atoms with Gasteiger partial charge in [0.2, 0.25) is 6.33 Å². The molecule has 0 fully saturated rings. The number of aryl methyl sites for hydroxylation is 2. The zero-order chi connectivity index (χ0) is 16.6. The van der Waals surface area contributed by atoms with Crippen molar-refractivity contribution in [1.82, 2.24) is 24.3 Å². The van der Waals surface area contributed by atoms with E-state index in [1.54, 1.807) is 6.33 Å². The fourth-order valence-corrected chi connectivity index (χ4v) is 2.42. The van der Waals surface area contributed by atoms with E-state index in [2.05, 4.69) is 15.1 Å². The van der Waals surface area contributed by atoms with E-state index in [0.717, 1.165) is 16.6 Å². The van der Waals surface area contributed by atoms with Gasteiger partial charge in [0.1, 0.15) is 0 Å². The number of imidazole rings is 1. The van der Waals surface area contributed by atoms with Crippen LogP contribution >= 0.6 is 0 Å². The Morgan fingerprint density at radius 2 is 1.96 bits per heavy atom. The number of fused-ring (bicyclic) bond motifs is 1. The maximum absolute atomic E-state index is 10.6. The molecule has 0 saturated heterocycles. The molecule has 0 saturated carbocycles. The smallest absolute Gasteiger partial charge is 0.390 e. The third-order valence-electron chi connectivity index (χ3n) is 3.73. The van der Waals surface area contributed by atoms with Gasteiger partial charge in [0.25, 0.3) is 0 Å². The standard InChI is InChI=1S/C14H16N6O3/c1-9-3-12-13(4-10(9)2)18(7-15-12)5-11(21)6-19-8-16-14(17-19)20(22)23/h3-4,7-8,11,21H,5-6H2,1-2H3. The molecule has 3 aromatic rings. The molecule has 0 aliphatic heterocycles. The number of benzene rings is 1. The topological polar surface area (TPSA) is 112 Å². The van der Waals surface area contributed by atoms with Gasteiger partial charge in [-0.2, -0.15) is 4.68 Å². The molecule has 1 atom stereocenters. The Morgan fingerprint density at radius 3 is 2.65 bits per heavy atom. The Balaban J connectivity index is 1.75. The van der Waals surface area contributed by atoms with Gasteiger partial charge in [-0.25, -0.2) is 4.98 Å². The minimum atomic E-state index is -0.768. The van der Waals surface area contributed by atoms with Gasteiger partial charge in [0.05, 0.1) is 36.6 Å². The van der Waals surface area contributed by atoms with Crippen LogP contribution in [0.5, 0.6) is 0 Å². The van der Waals surface area contributed by atoms with Crippen molar-refractivity contribution >= 4 is 17.0 Å². The van der Waals surface area contributed by atoms with Crippen LogP contribution in [0.2, 0.25) is 0 Å². The van der Waals surface area contributed by atoms with Crippen molar-refractivity contribution in [3.63, 3.8) is 0 Å². The summed E-state index contributed by atoms with van der Waals surface area (Å²) in [6.45, 7) is 4.48. The second-order valence-corrected chi connectivity index (χ2v) is 5.50. The molecule has 120 valence electrons. The zero-order valence-corrected chi connectivity index (χ0v) is 12.7. The maximum Gasteiger partial charge on any atom is 0.490 e. The number of nitrogens with zero attached hydrogens (tertiary/aromatic N) is 6. The SMILES string of the molecule is Cc1cc2ncn(CC(O)Cn3cnc([N+](=O)[O-])n3)c2cc1C. The molecule has 1 unspecified atom stereocenters. The summed E-state index contributed by atoms with van der Waals surface area (Å²) in [6, 6.07) is 4.04. The average molecular weight is 316 g/mol. The maximum atomic E-state index is 10.6. The summed E-state index contributed by atoms with van der Waals surface area (Å²) in [5, 5.41) is 24.4. The first-order valence-electron chi connectivity index (χ1n) is 7.08. The van der Waals surface area contributed by atoms with Crippen LogP contribution < -0.4 is 0 Å². The fourth-order valence-electron chi connectivity index (χ4n) is 2.42. The molecule has 0 radical (unpaired) electrons. The quantitative estimate of drug-likeness (QED) is 0.559.